The Balaban J connectivity index is 2.32. The number of allylic oxidation sites excluding steroid dienone is 4. The van der Waals surface area contributed by atoms with Crippen molar-refractivity contribution in [1.29, 1.82) is 0 Å². The minimum atomic E-state index is -0.395. The smallest absolute Gasteiger partial charge is 0.312 e. The van der Waals surface area contributed by atoms with Crippen molar-refractivity contribution < 1.29 is 14.3 Å². The number of carbonyl (C=O) groups is 2. The van der Waals surface area contributed by atoms with Gasteiger partial charge in [-0.25, -0.2) is 0 Å². The summed E-state index contributed by atoms with van der Waals surface area (Å²) in [6.45, 7) is 8.80. The quantitative estimate of drug-likeness (QED) is 0.312. The van der Waals surface area contributed by atoms with Crippen LogP contribution in [-0.2, 0) is 14.3 Å². The molecule has 134 valence electrons. The Labute approximate surface area is 146 Å². The zero-order valence-corrected chi connectivity index (χ0v) is 15.9. The molecule has 4 unspecified atom stereocenters. The normalized spacial score (nSPS) is 36.5. The van der Waals surface area contributed by atoms with Gasteiger partial charge >= 0.3 is 5.97 Å². The van der Waals surface area contributed by atoms with E-state index in [4.69, 9.17) is 4.74 Å². The summed E-state index contributed by atoms with van der Waals surface area (Å²) in [5, 5.41) is 0. The van der Waals surface area contributed by atoms with Crippen molar-refractivity contribution in [2.24, 2.45) is 22.7 Å². The van der Waals surface area contributed by atoms with Crippen LogP contribution in [-0.4, -0.2) is 19.4 Å². The highest BCUT2D eigenvalue weighted by atomic mass is 16.5. The molecule has 0 aromatic carbocycles. The number of methoxy groups -OCH3 is 1. The summed E-state index contributed by atoms with van der Waals surface area (Å²) in [5.74, 6) is 0.811. The highest BCUT2D eigenvalue weighted by molar-refractivity contribution is 5.77. The lowest BCUT2D eigenvalue weighted by molar-refractivity contribution is -0.156. The summed E-state index contributed by atoms with van der Waals surface area (Å²) in [6, 6.07) is 0. The van der Waals surface area contributed by atoms with E-state index < -0.39 is 5.41 Å². The number of aldehydes is 1. The van der Waals surface area contributed by atoms with E-state index in [2.05, 4.69) is 26.8 Å². The van der Waals surface area contributed by atoms with Crippen molar-refractivity contribution in [3.63, 3.8) is 0 Å². The van der Waals surface area contributed by atoms with Gasteiger partial charge in [0.15, 0.2) is 0 Å². The largest absolute Gasteiger partial charge is 0.469 e. The van der Waals surface area contributed by atoms with Gasteiger partial charge in [0, 0.05) is 0 Å². The second-order valence-electron chi connectivity index (χ2n) is 8.20. The highest BCUT2D eigenvalue weighted by Gasteiger charge is 2.52. The van der Waals surface area contributed by atoms with Crippen LogP contribution >= 0.6 is 0 Å². The predicted molar refractivity (Wildman–Crippen MR) is 96.5 cm³/mol. The van der Waals surface area contributed by atoms with Gasteiger partial charge < -0.3 is 4.74 Å². The number of carbonyl (C=O) groups excluding carboxylic acids is 2. The fraction of sp³-hybridized carbons (Fsp3) is 0.714. The molecule has 1 fully saturated rings. The van der Waals surface area contributed by atoms with E-state index in [-0.39, 0.29) is 17.3 Å². The van der Waals surface area contributed by atoms with Gasteiger partial charge in [-0.15, -0.1) is 0 Å². The fourth-order valence-corrected chi connectivity index (χ4v) is 4.84. The SMILES string of the molecule is COC(=O)C1(C)CCC=C2C1CCC(C)C2(C)CCC(C)=CC=O. The number of hydrogen-bond acceptors (Lipinski definition) is 3. The maximum absolute atomic E-state index is 12.5. The Hall–Kier alpha value is -1.38. The van der Waals surface area contributed by atoms with Gasteiger partial charge in [0.2, 0.25) is 0 Å². The van der Waals surface area contributed by atoms with Crippen molar-refractivity contribution in [3.8, 4) is 0 Å². The Morgan fingerprint density at radius 3 is 2.71 bits per heavy atom. The molecule has 0 bridgehead atoms. The molecule has 0 aromatic heterocycles. The van der Waals surface area contributed by atoms with Gasteiger partial charge in [0.25, 0.3) is 0 Å². The molecule has 3 nitrogen and oxygen atoms in total. The maximum Gasteiger partial charge on any atom is 0.312 e. The molecule has 24 heavy (non-hydrogen) atoms. The van der Waals surface area contributed by atoms with E-state index >= 15 is 0 Å². The molecular formula is C21H32O3. The van der Waals surface area contributed by atoms with Crippen molar-refractivity contribution in [2.45, 2.75) is 66.2 Å². The molecule has 2 aliphatic rings. The molecular weight excluding hydrogens is 300 g/mol. The summed E-state index contributed by atoms with van der Waals surface area (Å²) >= 11 is 0. The number of rotatable bonds is 5. The van der Waals surface area contributed by atoms with Gasteiger partial charge in [-0.2, -0.15) is 0 Å². The molecule has 2 rings (SSSR count). The zero-order chi connectivity index (χ0) is 18.0. The van der Waals surface area contributed by atoms with Crippen LogP contribution in [0.15, 0.2) is 23.3 Å². The average Bonchev–Trinajstić information content (AvgIpc) is 2.56. The molecule has 0 saturated heterocycles. The van der Waals surface area contributed by atoms with E-state index in [1.165, 1.54) is 12.7 Å². The van der Waals surface area contributed by atoms with Crippen LogP contribution in [0.2, 0.25) is 0 Å². The topological polar surface area (TPSA) is 43.4 Å². The Morgan fingerprint density at radius 1 is 1.38 bits per heavy atom. The van der Waals surface area contributed by atoms with Crippen molar-refractivity contribution in [2.75, 3.05) is 7.11 Å². The third-order valence-electron chi connectivity index (χ3n) is 6.85. The summed E-state index contributed by atoms with van der Waals surface area (Å²) in [5.41, 5.74) is 2.29. The Bertz CT molecular complexity index is 559. The van der Waals surface area contributed by atoms with E-state index in [0.717, 1.165) is 50.4 Å². The number of ether oxygens (including phenoxy) is 1. The third-order valence-corrected chi connectivity index (χ3v) is 6.85. The van der Waals surface area contributed by atoms with Gasteiger partial charge in [-0.05, 0) is 75.7 Å². The van der Waals surface area contributed by atoms with Crippen molar-refractivity contribution in [3.05, 3.63) is 23.3 Å². The van der Waals surface area contributed by atoms with Crippen LogP contribution in [0.3, 0.4) is 0 Å². The monoisotopic (exact) mass is 332 g/mol. The fourth-order valence-electron chi connectivity index (χ4n) is 4.84. The summed E-state index contributed by atoms with van der Waals surface area (Å²) in [6.07, 6.45) is 10.9. The standard InChI is InChI=1S/C21H32O3/c1-15(11-14-22)10-13-20(3)16(2)8-9-18-17(20)7-6-12-21(18,4)19(23)24-5/h7,11,14,16,18H,6,8-10,12-13H2,1-5H3. The lowest BCUT2D eigenvalue weighted by Crippen LogP contribution is -2.47. The summed E-state index contributed by atoms with van der Waals surface area (Å²) < 4.78 is 5.15. The molecule has 0 amide bonds. The first-order chi connectivity index (χ1) is 11.3. The van der Waals surface area contributed by atoms with Crippen molar-refractivity contribution >= 4 is 12.3 Å². The molecule has 4 atom stereocenters. The van der Waals surface area contributed by atoms with Crippen LogP contribution in [0.4, 0.5) is 0 Å². The minimum absolute atomic E-state index is 0.0629. The second kappa shape index (κ2) is 7.25. The lowest BCUT2D eigenvalue weighted by atomic mass is 9.51. The van der Waals surface area contributed by atoms with E-state index in [1.807, 2.05) is 6.92 Å². The first-order valence-electron chi connectivity index (χ1n) is 9.19. The molecule has 2 aliphatic carbocycles. The summed E-state index contributed by atoms with van der Waals surface area (Å²) in [4.78, 5) is 23.2. The molecule has 0 spiro atoms. The van der Waals surface area contributed by atoms with Gasteiger partial charge in [-0.1, -0.05) is 31.1 Å². The van der Waals surface area contributed by atoms with Crippen LogP contribution in [0.5, 0.6) is 0 Å². The van der Waals surface area contributed by atoms with Crippen LogP contribution in [0.1, 0.15) is 66.2 Å². The van der Waals surface area contributed by atoms with Crippen LogP contribution < -0.4 is 0 Å². The van der Waals surface area contributed by atoms with Crippen LogP contribution in [0.25, 0.3) is 0 Å². The van der Waals surface area contributed by atoms with E-state index in [0.29, 0.717) is 5.92 Å². The number of fused-ring (bicyclic) bond motifs is 1. The molecule has 3 heteroatoms. The second-order valence-corrected chi connectivity index (χ2v) is 8.20. The first kappa shape index (κ1) is 19.0. The van der Waals surface area contributed by atoms with Gasteiger partial charge in [-0.3, -0.25) is 9.59 Å². The van der Waals surface area contributed by atoms with Gasteiger partial charge in [0.1, 0.15) is 6.29 Å². The van der Waals surface area contributed by atoms with Gasteiger partial charge in [0.05, 0.1) is 12.5 Å². The lowest BCUT2D eigenvalue weighted by Gasteiger charge is -2.53. The molecule has 0 N–H and O–H groups in total. The minimum Gasteiger partial charge on any atom is -0.469 e. The molecule has 0 aromatic rings. The molecule has 0 heterocycles. The predicted octanol–water partition coefficient (Wildman–Crippen LogP) is 4.86. The Kier molecular flexibility index (Phi) is 5.72. The van der Waals surface area contributed by atoms with E-state index in [9.17, 15) is 9.59 Å². The maximum atomic E-state index is 12.5. The van der Waals surface area contributed by atoms with Crippen molar-refractivity contribution in [1.82, 2.24) is 0 Å². The molecule has 0 aliphatic heterocycles. The Morgan fingerprint density at radius 2 is 2.08 bits per heavy atom. The zero-order valence-electron chi connectivity index (χ0n) is 15.9. The third kappa shape index (κ3) is 3.22. The molecule has 1 saturated carbocycles. The van der Waals surface area contributed by atoms with E-state index in [1.54, 1.807) is 6.08 Å². The first-order valence-corrected chi connectivity index (χ1v) is 9.19. The van der Waals surface area contributed by atoms with Crippen LogP contribution in [0, 0.1) is 22.7 Å². The number of esters is 1. The average molecular weight is 332 g/mol. The molecule has 0 radical (unpaired) electrons. The summed E-state index contributed by atoms with van der Waals surface area (Å²) in [7, 11) is 1.50. The highest BCUT2D eigenvalue weighted by Crippen LogP contribution is 2.58. The number of hydrogen-bond donors (Lipinski definition) is 0.